The largest absolute Gasteiger partial charge is 0.504 e. The molecule has 7 heteroatoms. The van der Waals surface area contributed by atoms with Crippen LogP contribution in [-0.4, -0.2) is 26.8 Å². The monoisotopic (exact) mass is 396 g/mol. The number of nitrogens with one attached hydrogen (secondary N) is 1. The van der Waals surface area contributed by atoms with Crippen molar-refractivity contribution in [1.29, 1.82) is 0 Å². The van der Waals surface area contributed by atoms with Gasteiger partial charge in [0, 0.05) is 0 Å². The molecule has 6 nitrogen and oxygen atoms in total. The standard InChI is InChI=1S/C21H20N2O4S/c1-15-3-8-18(9-4-15)28(25,26)19-10-6-17(7-11-19)23-22-14-16-5-12-20(24)21(13-16)27-2/h3-14,23-24H,1-2H3/b22-14+. The van der Waals surface area contributed by atoms with Crippen molar-refractivity contribution >= 4 is 21.7 Å². The zero-order chi connectivity index (χ0) is 20.1. The van der Waals surface area contributed by atoms with Crippen LogP contribution < -0.4 is 10.2 Å². The van der Waals surface area contributed by atoms with E-state index < -0.39 is 9.84 Å². The lowest BCUT2D eigenvalue weighted by atomic mass is 10.2. The van der Waals surface area contributed by atoms with Crippen LogP contribution in [0.1, 0.15) is 11.1 Å². The Morgan fingerprint density at radius 3 is 2.18 bits per heavy atom. The van der Waals surface area contributed by atoms with Crippen molar-refractivity contribution < 1.29 is 18.3 Å². The van der Waals surface area contributed by atoms with Gasteiger partial charge in [-0.1, -0.05) is 17.7 Å². The van der Waals surface area contributed by atoms with Crippen LogP contribution in [-0.2, 0) is 9.84 Å². The number of phenolic OH excluding ortho intramolecular Hbond substituents is 1. The number of methoxy groups -OCH3 is 1. The minimum Gasteiger partial charge on any atom is -0.504 e. The van der Waals surface area contributed by atoms with Crippen molar-refractivity contribution in [2.45, 2.75) is 16.7 Å². The molecule has 2 N–H and O–H groups in total. The molecule has 0 fully saturated rings. The lowest BCUT2D eigenvalue weighted by molar-refractivity contribution is 0.373. The van der Waals surface area contributed by atoms with Gasteiger partial charge in [-0.2, -0.15) is 5.10 Å². The van der Waals surface area contributed by atoms with Crippen LogP contribution in [0.25, 0.3) is 0 Å². The summed E-state index contributed by atoms with van der Waals surface area (Å²) in [5.41, 5.74) is 5.22. The number of benzene rings is 3. The van der Waals surface area contributed by atoms with Gasteiger partial charge in [-0.05, 0) is 67.1 Å². The molecule has 0 aliphatic carbocycles. The molecule has 0 atom stereocenters. The lowest BCUT2D eigenvalue weighted by Crippen LogP contribution is -2.02. The average molecular weight is 396 g/mol. The molecule has 3 rings (SSSR count). The van der Waals surface area contributed by atoms with Gasteiger partial charge in [-0.3, -0.25) is 5.43 Å². The van der Waals surface area contributed by atoms with Crippen LogP contribution in [0.5, 0.6) is 11.5 Å². The molecule has 0 radical (unpaired) electrons. The van der Waals surface area contributed by atoms with E-state index in [9.17, 15) is 13.5 Å². The minimum absolute atomic E-state index is 0.0537. The van der Waals surface area contributed by atoms with Gasteiger partial charge in [0.1, 0.15) is 0 Å². The molecule has 3 aromatic rings. The van der Waals surface area contributed by atoms with Crippen LogP contribution in [0, 0.1) is 6.92 Å². The van der Waals surface area contributed by atoms with Gasteiger partial charge >= 0.3 is 0 Å². The molecule has 3 aromatic carbocycles. The number of anilines is 1. The van der Waals surface area contributed by atoms with E-state index in [1.165, 1.54) is 25.3 Å². The summed E-state index contributed by atoms with van der Waals surface area (Å²) in [6, 6.07) is 18.0. The second-order valence-electron chi connectivity index (χ2n) is 6.14. The fourth-order valence-corrected chi connectivity index (χ4v) is 3.78. The third-order valence-electron chi connectivity index (χ3n) is 4.11. The maximum absolute atomic E-state index is 12.7. The fourth-order valence-electron chi connectivity index (χ4n) is 2.52. The highest BCUT2D eigenvalue weighted by molar-refractivity contribution is 7.91. The van der Waals surface area contributed by atoms with Crippen molar-refractivity contribution in [2.75, 3.05) is 12.5 Å². The highest BCUT2D eigenvalue weighted by atomic mass is 32.2. The van der Waals surface area contributed by atoms with Gasteiger partial charge in [0.2, 0.25) is 9.84 Å². The Balaban J connectivity index is 1.71. The molecule has 0 unspecified atom stereocenters. The lowest BCUT2D eigenvalue weighted by Gasteiger charge is -2.07. The zero-order valence-corrected chi connectivity index (χ0v) is 16.3. The second-order valence-corrected chi connectivity index (χ2v) is 8.09. The first kappa shape index (κ1) is 19.4. The summed E-state index contributed by atoms with van der Waals surface area (Å²) in [7, 11) is -2.08. The first-order valence-electron chi connectivity index (χ1n) is 8.48. The van der Waals surface area contributed by atoms with Gasteiger partial charge in [0.25, 0.3) is 0 Å². The van der Waals surface area contributed by atoms with E-state index in [1.54, 1.807) is 54.7 Å². The van der Waals surface area contributed by atoms with Crippen molar-refractivity contribution in [3.8, 4) is 11.5 Å². The Bertz CT molecular complexity index is 1090. The molecule has 0 amide bonds. The average Bonchev–Trinajstić information content (AvgIpc) is 2.70. The molecule has 28 heavy (non-hydrogen) atoms. The molecule has 144 valence electrons. The summed E-state index contributed by atoms with van der Waals surface area (Å²) in [6.45, 7) is 1.91. The van der Waals surface area contributed by atoms with Crippen molar-refractivity contribution in [2.24, 2.45) is 5.10 Å². The quantitative estimate of drug-likeness (QED) is 0.486. The number of aromatic hydroxyl groups is 1. The van der Waals surface area contributed by atoms with Crippen molar-refractivity contribution in [3.63, 3.8) is 0 Å². The molecule has 0 aliphatic heterocycles. The first-order chi connectivity index (χ1) is 13.4. The Morgan fingerprint density at radius 2 is 1.57 bits per heavy atom. The maximum Gasteiger partial charge on any atom is 0.206 e. The second kappa shape index (κ2) is 8.14. The Hall–Kier alpha value is -3.32. The van der Waals surface area contributed by atoms with Gasteiger partial charge < -0.3 is 9.84 Å². The molecule has 0 spiro atoms. The fraction of sp³-hybridized carbons (Fsp3) is 0.0952. The zero-order valence-electron chi connectivity index (χ0n) is 15.5. The molecule has 0 aromatic heterocycles. The molecule has 0 saturated heterocycles. The number of ether oxygens (including phenoxy) is 1. The normalized spacial score (nSPS) is 11.5. The molecular formula is C21H20N2O4S. The summed E-state index contributed by atoms with van der Waals surface area (Å²) in [6.07, 6.45) is 1.57. The molecule has 0 bridgehead atoms. The topological polar surface area (TPSA) is 88.0 Å². The van der Waals surface area contributed by atoms with E-state index in [0.29, 0.717) is 11.4 Å². The molecular weight excluding hydrogens is 376 g/mol. The number of phenols is 1. The minimum atomic E-state index is -3.55. The van der Waals surface area contributed by atoms with Gasteiger partial charge in [0.15, 0.2) is 11.5 Å². The Labute approximate surface area is 164 Å². The summed E-state index contributed by atoms with van der Waals surface area (Å²) in [4.78, 5) is 0.479. The highest BCUT2D eigenvalue weighted by Gasteiger charge is 2.17. The number of hydrogen-bond acceptors (Lipinski definition) is 6. The highest BCUT2D eigenvalue weighted by Crippen LogP contribution is 2.26. The Kier molecular flexibility index (Phi) is 5.65. The number of hydrazone groups is 1. The number of rotatable bonds is 6. The summed E-state index contributed by atoms with van der Waals surface area (Å²) in [5, 5.41) is 13.7. The van der Waals surface area contributed by atoms with E-state index in [-0.39, 0.29) is 15.5 Å². The number of sulfone groups is 1. The number of nitrogens with zero attached hydrogens (tertiary/aromatic N) is 1. The van der Waals surface area contributed by atoms with Crippen LogP contribution >= 0.6 is 0 Å². The SMILES string of the molecule is COc1cc(/C=N/Nc2ccc(S(=O)(=O)c3ccc(C)cc3)cc2)ccc1O. The smallest absolute Gasteiger partial charge is 0.206 e. The van der Waals surface area contributed by atoms with Crippen LogP contribution in [0.3, 0.4) is 0 Å². The van der Waals surface area contributed by atoms with E-state index in [2.05, 4.69) is 10.5 Å². The van der Waals surface area contributed by atoms with Crippen LogP contribution in [0.15, 0.2) is 81.6 Å². The Morgan fingerprint density at radius 1 is 0.964 bits per heavy atom. The predicted molar refractivity (Wildman–Crippen MR) is 109 cm³/mol. The predicted octanol–water partition coefficient (Wildman–Crippen LogP) is 3.99. The van der Waals surface area contributed by atoms with Gasteiger partial charge in [-0.25, -0.2) is 8.42 Å². The molecule has 0 saturated carbocycles. The summed E-state index contributed by atoms with van der Waals surface area (Å²) in [5.74, 6) is 0.410. The van der Waals surface area contributed by atoms with E-state index in [0.717, 1.165) is 11.1 Å². The number of hydrogen-bond donors (Lipinski definition) is 2. The molecule has 0 heterocycles. The first-order valence-corrected chi connectivity index (χ1v) is 9.96. The third-order valence-corrected chi connectivity index (χ3v) is 5.89. The molecule has 0 aliphatic rings. The van der Waals surface area contributed by atoms with Gasteiger partial charge in [-0.15, -0.1) is 0 Å². The maximum atomic E-state index is 12.7. The summed E-state index contributed by atoms with van der Waals surface area (Å²) < 4.78 is 30.4. The van der Waals surface area contributed by atoms with Gasteiger partial charge in [0.05, 0.1) is 28.8 Å². The van der Waals surface area contributed by atoms with Crippen LogP contribution in [0.4, 0.5) is 5.69 Å². The van der Waals surface area contributed by atoms with E-state index in [4.69, 9.17) is 4.74 Å². The summed E-state index contributed by atoms with van der Waals surface area (Å²) >= 11 is 0. The van der Waals surface area contributed by atoms with Crippen LogP contribution in [0.2, 0.25) is 0 Å². The van der Waals surface area contributed by atoms with E-state index >= 15 is 0 Å². The van der Waals surface area contributed by atoms with Crippen molar-refractivity contribution in [1.82, 2.24) is 0 Å². The number of aryl methyl sites for hydroxylation is 1. The van der Waals surface area contributed by atoms with E-state index in [1.807, 2.05) is 6.92 Å². The third kappa shape index (κ3) is 4.32. The van der Waals surface area contributed by atoms with Crippen molar-refractivity contribution in [3.05, 3.63) is 77.9 Å².